The number of carbonyl (C=O) groups is 2. The molecule has 2 aromatic carbocycles. The Morgan fingerprint density at radius 3 is 2.31 bits per heavy atom. The van der Waals surface area contributed by atoms with Crippen molar-refractivity contribution in [3.63, 3.8) is 0 Å². The molecule has 0 radical (unpaired) electrons. The monoisotopic (exact) mass is 532 g/mol. The number of carbonyl (C=O) groups excluding carboxylic acids is 2. The molecule has 0 aliphatic carbocycles. The molecule has 210 valence electrons. The van der Waals surface area contributed by atoms with Gasteiger partial charge in [0, 0.05) is 44.8 Å². The van der Waals surface area contributed by atoms with E-state index in [9.17, 15) is 9.59 Å². The second-order valence-corrected chi connectivity index (χ2v) is 11.8. The Morgan fingerprint density at radius 2 is 1.62 bits per heavy atom. The number of nitrogens with one attached hydrogen (secondary N) is 1. The van der Waals surface area contributed by atoms with Crippen LogP contribution in [0, 0.1) is 25.7 Å². The number of likely N-dealkylation sites (tertiary alicyclic amines) is 3. The summed E-state index contributed by atoms with van der Waals surface area (Å²) in [6, 6.07) is 16.2. The fraction of sp³-hybridized carbons (Fsp3) is 0.562. The summed E-state index contributed by atoms with van der Waals surface area (Å²) in [6.07, 6.45) is 4.66. The molecule has 7 nitrogen and oxygen atoms in total. The predicted octanol–water partition coefficient (Wildman–Crippen LogP) is 5.00. The second kappa shape index (κ2) is 12.5. The van der Waals surface area contributed by atoms with Crippen LogP contribution in [0.4, 0.5) is 4.79 Å². The Hall–Kier alpha value is -2.90. The van der Waals surface area contributed by atoms with E-state index in [0.717, 1.165) is 87.2 Å². The summed E-state index contributed by atoms with van der Waals surface area (Å²) in [4.78, 5) is 33.0. The minimum atomic E-state index is -0.332. The SMILES string of the molecule is Cc1cccc(C)c1C(=O)N1CC2CN(CCC(NC(=O)OC3CCCCCN3C)c3ccccc3)C[C@H]2C1. The smallest absolute Gasteiger partial charge is 0.409 e. The highest BCUT2D eigenvalue weighted by atomic mass is 16.6. The molecule has 7 heteroatoms. The first-order chi connectivity index (χ1) is 18.9. The molecule has 39 heavy (non-hydrogen) atoms. The fourth-order valence-corrected chi connectivity index (χ4v) is 6.74. The third kappa shape index (κ3) is 6.64. The van der Waals surface area contributed by atoms with Gasteiger partial charge in [-0.05, 0) is 75.1 Å². The molecule has 0 aromatic heterocycles. The third-order valence-electron chi connectivity index (χ3n) is 8.97. The molecule has 2 amide bonds. The van der Waals surface area contributed by atoms with E-state index in [1.807, 2.05) is 57.3 Å². The van der Waals surface area contributed by atoms with Gasteiger partial charge >= 0.3 is 6.09 Å². The van der Waals surface area contributed by atoms with E-state index in [2.05, 4.69) is 32.1 Å². The van der Waals surface area contributed by atoms with Crippen LogP contribution in [0.1, 0.15) is 65.2 Å². The standard InChI is InChI=1S/C32H44N4O3/c1-23-11-10-12-24(2)30(23)31(37)36-21-26-19-35(20-27(26)22-36)18-16-28(25-13-6-4-7-14-25)33-32(38)39-29-15-8-5-9-17-34(29)3/h4,6-7,10-14,26-29H,5,8-9,15-22H2,1-3H3,(H,33,38)/t26-,27?,28?,29?/m0/s1. The highest BCUT2D eigenvalue weighted by Gasteiger charge is 2.42. The number of hydrogen-bond donors (Lipinski definition) is 1. The molecule has 0 bridgehead atoms. The molecule has 3 saturated heterocycles. The average molecular weight is 533 g/mol. The lowest BCUT2D eigenvalue weighted by Crippen LogP contribution is -2.40. The molecular formula is C32H44N4O3. The van der Waals surface area contributed by atoms with E-state index in [0.29, 0.717) is 11.8 Å². The van der Waals surface area contributed by atoms with Crippen LogP contribution in [0.2, 0.25) is 0 Å². The van der Waals surface area contributed by atoms with Crippen LogP contribution >= 0.6 is 0 Å². The maximum atomic E-state index is 13.3. The Bertz CT molecular complexity index is 1110. The average Bonchev–Trinajstić information content (AvgIpc) is 3.43. The molecule has 5 rings (SSSR count). The van der Waals surface area contributed by atoms with Crippen molar-refractivity contribution in [1.29, 1.82) is 0 Å². The van der Waals surface area contributed by atoms with Crippen molar-refractivity contribution in [1.82, 2.24) is 20.0 Å². The van der Waals surface area contributed by atoms with Crippen LogP contribution in [0.25, 0.3) is 0 Å². The van der Waals surface area contributed by atoms with E-state index in [1.165, 1.54) is 6.42 Å². The first kappa shape index (κ1) is 27.7. The molecule has 3 fully saturated rings. The van der Waals surface area contributed by atoms with Crippen molar-refractivity contribution in [3.8, 4) is 0 Å². The maximum absolute atomic E-state index is 13.3. The largest absolute Gasteiger partial charge is 0.430 e. The van der Waals surface area contributed by atoms with Crippen molar-refractivity contribution in [2.24, 2.45) is 11.8 Å². The van der Waals surface area contributed by atoms with Crippen LogP contribution in [-0.4, -0.2) is 79.2 Å². The highest BCUT2D eigenvalue weighted by Crippen LogP contribution is 2.33. The summed E-state index contributed by atoms with van der Waals surface area (Å²) in [5, 5.41) is 3.18. The van der Waals surface area contributed by atoms with Gasteiger partial charge in [-0.25, -0.2) is 4.79 Å². The molecule has 3 heterocycles. The number of nitrogens with zero attached hydrogens (tertiary/aromatic N) is 3. The number of ether oxygens (including phenoxy) is 1. The first-order valence-corrected chi connectivity index (χ1v) is 14.7. The van der Waals surface area contributed by atoms with Crippen LogP contribution in [0.15, 0.2) is 48.5 Å². The molecule has 3 unspecified atom stereocenters. The number of benzene rings is 2. The molecule has 3 aliphatic rings. The van der Waals surface area contributed by atoms with Gasteiger partial charge in [-0.2, -0.15) is 0 Å². The third-order valence-corrected chi connectivity index (χ3v) is 8.97. The number of amides is 2. The van der Waals surface area contributed by atoms with Gasteiger partial charge in [-0.15, -0.1) is 0 Å². The summed E-state index contributed by atoms with van der Waals surface area (Å²) < 4.78 is 5.88. The molecular weight excluding hydrogens is 488 g/mol. The minimum Gasteiger partial charge on any atom is -0.430 e. The van der Waals surface area contributed by atoms with Crippen LogP contribution in [-0.2, 0) is 4.74 Å². The van der Waals surface area contributed by atoms with E-state index >= 15 is 0 Å². The lowest BCUT2D eigenvalue weighted by Gasteiger charge is -2.28. The minimum absolute atomic E-state index is 0.0997. The number of hydrogen-bond acceptors (Lipinski definition) is 5. The van der Waals surface area contributed by atoms with Crippen molar-refractivity contribution in [2.45, 2.75) is 58.2 Å². The zero-order chi connectivity index (χ0) is 27.4. The van der Waals surface area contributed by atoms with Gasteiger partial charge in [0.15, 0.2) is 6.23 Å². The Balaban J connectivity index is 1.15. The summed E-state index contributed by atoms with van der Waals surface area (Å²) in [6.45, 7) is 9.58. The van der Waals surface area contributed by atoms with Crippen molar-refractivity contribution >= 4 is 12.0 Å². The van der Waals surface area contributed by atoms with E-state index < -0.39 is 0 Å². The van der Waals surface area contributed by atoms with Gasteiger partial charge in [0.25, 0.3) is 5.91 Å². The first-order valence-electron chi connectivity index (χ1n) is 14.7. The zero-order valence-electron chi connectivity index (χ0n) is 23.8. The summed E-state index contributed by atoms with van der Waals surface area (Å²) >= 11 is 0. The van der Waals surface area contributed by atoms with Gasteiger partial charge in [-0.1, -0.05) is 55.0 Å². The van der Waals surface area contributed by atoms with E-state index in [4.69, 9.17) is 4.74 Å². The molecule has 1 N–H and O–H groups in total. The summed E-state index contributed by atoms with van der Waals surface area (Å²) in [7, 11) is 2.04. The van der Waals surface area contributed by atoms with Crippen LogP contribution in [0.5, 0.6) is 0 Å². The molecule has 2 aromatic rings. The second-order valence-electron chi connectivity index (χ2n) is 11.8. The fourth-order valence-electron chi connectivity index (χ4n) is 6.74. The van der Waals surface area contributed by atoms with Gasteiger partial charge in [0.2, 0.25) is 0 Å². The number of rotatable bonds is 7. The number of fused-ring (bicyclic) bond motifs is 1. The predicted molar refractivity (Wildman–Crippen MR) is 154 cm³/mol. The van der Waals surface area contributed by atoms with Crippen LogP contribution in [0.3, 0.4) is 0 Å². The Labute approximate surface area is 233 Å². The number of alkyl carbamates (subject to hydrolysis) is 1. The normalized spacial score (nSPS) is 24.7. The Kier molecular flexibility index (Phi) is 8.88. The van der Waals surface area contributed by atoms with Crippen molar-refractivity contribution in [2.75, 3.05) is 46.3 Å². The van der Waals surface area contributed by atoms with Gasteiger partial charge in [0.05, 0.1) is 6.04 Å². The van der Waals surface area contributed by atoms with E-state index in [1.54, 1.807) is 0 Å². The summed E-state index contributed by atoms with van der Waals surface area (Å²) in [5.41, 5.74) is 4.09. The zero-order valence-corrected chi connectivity index (χ0v) is 23.8. The topological polar surface area (TPSA) is 65.1 Å². The molecule has 4 atom stereocenters. The van der Waals surface area contributed by atoms with Gasteiger partial charge < -0.3 is 19.9 Å². The van der Waals surface area contributed by atoms with Crippen LogP contribution < -0.4 is 5.32 Å². The quantitative estimate of drug-likeness (QED) is 0.544. The molecule has 0 spiro atoms. The van der Waals surface area contributed by atoms with Gasteiger partial charge in [-0.3, -0.25) is 9.69 Å². The molecule has 0 saturated carbocycles. The van der Waals surface area contributed by atoms with Crippen molar-refractivity contribution in [3.05, 3.63) is 70.8 Å². The number of aryl methyl sites for hydroxylation is 2. The van der Waals surface area contributed by atoms with E-state index in [-0.39, 0.29) is 24.3 Å². The lowest BCUT2D eigenvalue weighted by molar-refractivity contribution is -0.000470. The van der Waals surface area contributed by atoms with Gasteiger partial charge in [0.1, 0.15) is 0 Å². The lowest BCUT2D eigenvalue weighted by atomic mass is 10.0. The summed E-state index contributed by atoms with van der Waals surface area (Å²) in [5.74, 6) is 1.20. The molecule has 3 aliphatic heterocycles. The maximum Gasteiger partial charge on any atom is 0.409 e. The highest BCUT2D eigenvalue weighted by molar-refractivity contribution is 5.97. The Morgan fingerprint density at radius 1 is 0.923 bits per heavy atom. The van der Waals surface area contributed by atoms with Crippen molar-refractivity contribution < 1.29 is 14.3 Å².